The SMILES string of the molecule is Cc1ccc2c(c1C)Nc1cccnc1S2. The molecule has 2 heterocycles. The van der Waals surface area contributed by atoms with Gasteiger partial charge in [-0.1, -0.05) is 17.8 Å². The van der Waals surface area contributed by atoms with Gasteiger partial charge in [-0.05, 0) is 43.2 Å². The summed E-state index contributed by atoms with van der Waals surface area (Å²) in [6, 6.07) is 8.35. The van der Waals surface area contributed by atoms with Crippen LogP contribution >= 0.6 is 11.8 Å². The van der Waals surface area contributed by atoms with Crippen LogP contribution in [0.5, 0.6) is 0 Å². The maximum Gasteiger partial charge on any atom is 0.124 e. The Bertz CT molecular complexity index is 564. The van der Waals surface area contributed by atoms with Crippen LogP contribution in [0, 0.1) is 13.8 Å². The second-order valence-electron chi connectivity index (χ2n) is 3.96. The summed E-state index contributed by atoms with van der Waals surface area (Å²) in [6.45, 7) is 4.30. The van der Waals surface area contributed by atoms with E-state index in [9.17, 15) is 0 Å². The fraction of sp³-hybridized carbons (Fsp3) is 0.154. The van der Waals surface area contributed by atoms with E-state index in [1.165, 1.54) is 21.7 Å². The molecule has 1 aromatic heterocycles. The summed E-state index contributed by atoms with van der Waals surface area (Å²) in [6.07, 6.45) is 1.83. The van der Waals surface area contributed by atoms with E-state index in [-0.39, 0.29) is 0 Å². The lowest BCUT2D eigenvalue weighted by Crippen LogP contribution is -2.03. The molecule has 3 heteroatoms. The minimum atomic E-state index is 1.05. The standard InChI is InChI=1S/C13H12N2S/c1-8-5-6-11-12(9(8)2)15-10-4-3-7-14-13(10)16-11/h3-7,15H,1-2H3. The number of anilines is 2. The topological polar surface area (TPSA) is 24.9 Å². The van der Waals surface area contributed by atoms with Gasteiger partial charge in [0.2, 0.25) is 0 Å². The highest BCUT2D eigenvalue weighted by Gasteiger charge is 2.18. The normalized spacial score (nSPS) is 12.6. The molecule has 1 N–H and O–H groups in total. The lowest BCUT2D eigenvalue weighted by molar-refractivity contribution is 1.11. The van der Waals surface area contributed by atoms with Crippen molar-refractivity contribution in [1.29, 1.82) is 0 Å². The van der Waals surface area contributed by atoms with Crippen LogP contribution in [0.3, 0.4) is 0 Å². The van der Waals surface area contributed by atoms with Gasteiger partial charge in [-0.2, -0.15) is 0 Å². The number of pyridine rings is 1. The molecule has 0 spiro atoms. The van der Waals surface area contributed by atoms with E-state index in [1.54, 1.807) is 11.8 Å². The number of nitrogens with zero attached hydrogens (tertiary/aromatic N) is 1. The number of benzene rings is 1. The molecule has 1 aliphatic heterocycles. The van der Waals surface area contributed by atoms with Crippen LogP contribution in [0.1, 0.15) is 11.1 Å². The largest absolute Gasteiger partial charge is 0.352 e. The second kappa shape index (κ2) is 3.52. The van der Waals surface area contributed by atoms with Crippen molar-refractivity contribution in [3.8, 4) is 0 Å². The smallest absolute Gasteiger partial charge is 0.124 e. The molecule has 0 radical (unpaired) electrons. The van der Waals surface area contributed by atoms with E-state index in [2.05, 4.69) is 42.3 Å². The molecule has 0 saturated heterocycles. The highest BCUT2D eigenvalue weighted by molar-refractivity contribution is 7.99. The third-order valence-electron chi connectivity index (χ3n) is 2.94. The molecule has 0 saturated carbocycles. The van der Waals surface area contributed by atoms with Crippen LogP contribution in [0.15, 0.2) is 40.4 Å². The third kappa shape index (κ3) is 1.39. The molecule has 1 aliphatic rings. The molecule has 0 atom stereocenters. The van der Waals surface area contributed by atoms with E-state index in [4.69, 9.17) is 0 Å². The molecule has 0 aliphatic carbocycles. The Labute approximate surface area is 99.1 Å². The Kier molecular flexibility index (Phi) is 2.14. The predicted molar refractivity (Wildman–Crippen MR) is 67.6 cm³/mol. The van der Waals surface area contributed by atoms with Gasteiger partial charge in [0.25, 0.3) is 0 Å². The first-order valence-electron chi connectivity index (χ1n) is 5.26. The summed E-state index contributed by atoms with van der Waals surface area (Å²) in [7, 11) is 0. The third-order valence-corrected chi connectivity index (χ3v) is 4.01. The number of aryl methyl sites for hydroxylation is 1. The van der Waals surface area contributed by atoms with Gasteiger partial charge in [-0.3, -0.25) is 0 Å². The van der Waals surface area contributed by atoms with Crippen LogP contribution in [0.25, 0.3) is 0 Å². The number of hydrogen-bond acceptors (Lipinski definition) is 3. The lowest BCUT2D eigenvalue weighted by Gasteiger charge is -2.22. The number of nitrogens with one attached hydrogen (secondary N) is 1. The number of aromatic nitrogens is 1. The van der Waals surface area contributed by atoms with Gasteiger partial charge in [0.15, 0.2) is 0 Å². The van der Waals surface area contributed by atoms with Crippen LogP contribution < -0.4 is 5.32 Å². The molecular weight excluding hydrogens is 216 g/mol. The van der Waals surface area contributed by atoms with Gasteiger partial charge in [-0.25, -0.2) is 4.98 Å². The van der Waals surface area contributed by atoms with Gasteiger partial charge in [0.05, 0.1) is 11.4 Å². The molecule has 2 nitrogen and oxygen atoms in total. The fourth-order valence-electron chi connectivity index (χ4n) is 1.84. The van der Waals surface area contributed by atoms with Crippen molar-refractivity contribution in [1.82, 2.24) is 4.98 Å². The maximum absolute atomic E-state index is 4.37. The average molecular weight is 228 g/mol. The Morgan fingerprint density at radius 3 is 2.94 bits per heavy atom. The number of rotatable bonds is 0. The average Bonchev–Trinajstić information content (AvgIpc) is 2.32. The summed E-state index contributed by atoms with van der Waals surface area (Å²) in [5, 5.41) is 4.52. The van der Waals surface area contributed by atoms with E-state index in [0.29, 0.717) is 0 Å². The molecule has 0 bridgehead atoms. The van der Waals surface area contributed by atoms with Crippen molar-refractivity contribution in [2.75, 3.05) is 5.32 Å². The van der Waals surface area contributed by atoms with E-state index in [0.717, 1.165) is 10.7 Å². The number of hydrogen-bond donors (Lipinski definition) is 1. The van der Waals surface area contributed by atoms with Crippen molar-refractivity contribution in [2.24, 2.45) is 0 Å². The number of fused-ring (bicyclic) bond motifs is 2. The Balaban J connectivity index is 2.16. The first kappa shape index (κ1) is 9.73. The Morgan fingerprint density at radius 1 is 1.19 bits per heavy atom. The summed E-state index contributed by atoms with van der Waals surface area (Å²) < 4.78 is 0. The molecule has 1 aromatic carbocycles. The molecule has 0 amide bonds. The van der Waals surface area contributed by atoms with Gasteiger partial charge in [0, 0.05) is 11.1 Å². The summed E-state index contributed by atoms with van der Waals surface area (Å²) in [5.41, 5.74) is 4.97. The highest BCUT2D eigenvalue weighted by atomic mass is 32.2. The molecule has 3 rings (SSSR count). The van der Waals surface area contributed by atoms with Crippen LogP contribution in [-0.2, 0) is 0 Å². The first-order valence-corrected chi connectivity index (χ1v) is 6.07. The first-order chi connectivity index (χ1) is 7.75. The summed E-state index contributed by atoms with van der Waals surface area (Å²) >= 11 is 1.73. The molecule has 16 heavy (non-hydrogen) atoms. The van der Waals surface area contributed by atoms with E-state index < -0.39 is 0 Å². The quantitative estimate of drug-likeness (QED) is 0.631. The molecule has 2 aromatic rings. The van der Waals surface area contributed by atoms with E-state index in [1.807, 2.05) is 12.3 Å². The zero-order chi connectivity index (χ0) is 11.1. The Hall–Kier alpha value is -1.48. The highest BCUT2D eigenvalue weighted by Crippen LogP contribution is 2.44. The predicted octanol–water partition coefficient (Wildman–Crippen LogP) is 3.91. The molecular formula is C13H12N2S. The van der Waals surface area contributed by atoms with Crippen molar-refractivity contribution in [2.45, 2.75) is 23.8 Å². The van der Waals surface area contributed by atoms with Crippen molar-refractivity contribution in [3.05, 3.63) is 41.6 Å². The second-order valence-corrected chi connectivity index (χ2v) is 4.99. The Morgan fingerprint density at radius 2 is 2.06 bits per heavy atom. The maximum atomic E-state index is 4.37. The molecule has 0 fully saturated rings. The van der Waals surface area contributed by atoms with Gasteiger partial charge in [-0.15, -0.1) is 0 Å². The van der Waals surface area contributed by atoms with Crippen molar-refractivity contribution < 1.29 is 0 Å². The minimum absolute atomic E-state index is 1.05. The van der Waals surface area contributed by atoms with Crippen LogP contribution in [-0.4, -0.2) is 4.98 Å². The lowest BCUT2D eigenvalue weighted by atomic mass is 10.1. The summed E-state index contributed by atoms with van der Waals surface area (Å²) in [5.74, 6) is 0. The zero-order valence-electron chi connectivity index (χ0n) is 9.24. The monoisotopic (exact) mass is 228 g/mol. The van der Waals surface area contributed by atoms with Gasteiger partial charge >= 0.3 is 0 Å². The summed E-state index contributed by atoms with van der Waals surface area (Å²) in [4.78, 5) is 5.63. The molecule has 0 unspecified atom stereocenters. The van der Waals surface area contributed by atoms with E-state index >= 15 is 0 Å². The van der Waals surface area contributed by atoms with Crippen molar-refractivity contribution >= 4 is 23.1 Å². The van der Waals surface area contributed by atoms with Crippen molar-refractivity contribution in [3.63, 3.8) is 0 Å². The minimum Gasteiger partial charge on any atom is -0.352 e. The van der Waals surface area contributed by atoms with Crippen LogP contribution in [0.2, 0.25) is 0 Å². The fourth-order valence-corrected chi connectivity index (χ4v) is 2.83. The van der Waals surface area contributed by atoms with Gasteiger partial charge in [0.1, 0.15) is 5.03 Å². The zero-order valence-corrected chi connectivity index (χ0v) is 10.1. The van der Waals surface area contributed by atoms with Crippen LogP contribution in [0.4, 0.5) is 11.4 Å². The van der Waals surface area contributed by atoms with Gasteiger partial charge < -0.3 is 5.32 Å². The molecule has 80 valence electrons.